The van der Waals surface area contributed by atoms with E-state index in [1.54, 1.807) is 10.9 Å². The van der Waals surface area contributed by atoms with Gasteiger partial charge in [0.15, 0.2) is 0 Å². The molecule has 0 radical (unpaired) electrons. The van der Waals surface area contributed by atoms with Gasteiger partial charge in [-0.25, -0.2) is 4.98 Å². The summed E-state index contributed by atoms with van der Waals surface area (Å²) in [6.07, 6.45) is 2.33. The second kappa shape index (κ2) is 6.17. The van der Waals surface area contributed by atoms with Gasteiger partial charge < -0.3 is 10.1 Å². The van der Waals surface area contributed by atoms with E-state index in [0.29, 0.717) is 41.4 Å². The first-order valence-corrected chi connectivity index (χ1v) is 8.53. The zero-order valence-electron chi connectivity index (χ0n) is 11.5. The first-order chi connectivity index (χ1) is 10.2. The molecule has 1 aliphatic rings. The first-order valence-electron chi connectivity index (χ1n) is 6.73. The number of anilines is 1. The molecule has 0 saturated carbocycles. The number of nitrogens with zero attached hydrogens (tertiary/aromatic N) is 2. The van der Waals surface area contributed by atoms with E-state index in [1.165, 1.54) is 23.1 Å². The lowest BCUT2D eigenvalue weighted by atomic mass is 10.4. The second-order valence-electron chi connectivity index (χ2n) is 4.57. The average molecular weight is 325 g/mol. The molecule has 1 amide bonds. The third-order valence-corrected chi connectivity index (χ3v) is 5.56. The Labute approximate surface area is 129 Å². The third kappa shape index (κ3) is 2.83. The highest BCUT2D eigenvalue weighted by Crippen LogP contribution is 2.42. The Kier molecular flexibility index (Phi) is 4.27. The van der Waals surface area contributed by atoms with Crippen LogP contribution in [0.3, 0.4) is 0 Å². The summed E-state index contributed by atoms with van der Waals surface area (Å²) >= 11 is 2.87. The molecule has 2 aromatic rings. The maximum Gasteiger partial charge on any atom is 0.271 e. The molecule has 0 bridgehead atoms. The predicted molar refractivity (Wildman–Crippen MR) is 84.3 cm³/mol. The van der Waals surface area contributed by atoms with Gasteiger partial charge in [-0.05, 0) is 13.3 Å². The van der Waals surface area contributed by atoms with E-state index in [0.717, 1.165) is 10.6 Å². The maximum absolute atomic E-state index is 12.5. The summed E-state index contributed by atoms with van der Waals surface area (Å²) in [6, 6.07) is 0. The summed E-state index contributed by atoms with van der Waals surface area (Å²) in [4.78, 5) is 28.3. The maximum atomic E-state index is 12.5. The fraction of sp³-hybridized carbons (Fsp3) is 0.462. The fourth-order valence-corrected chi connectivity index (χ4v) is 4.32. The number of thiophene rings is 1. The van der Waals surface area contributed by atoms with E-state index in [2.05, 4.69) is 10.3 Å². The number of hydrogen-bond acceptors (Lipinski definition) is 6. The number of fused-ring (bicyclic) bond motifs is 3. The molecule has 0 aromatic carbocycles. The smallest absolute Gasteiger partial charge is 0.271 e. The molecule has 3 rings (SSSR count). The lowest BCUT2D eigenvalue weighted by Crippen LogP contribution is -2.21. The zero-order valence-corrected chi connectivity index (χ0v) is 13.2. The lowest BCUT2D eigenvalue weighted by Gasteiger charge is -2.11. The van der Waals surface area contributed by atoms with Crippen LogP contribution >= 0.6 is 23.1 Å². The number of nitrogens with one attached hydrogen (secondary N) is 1. The number of aryl methyl sites for hydroxylation is 1. The molecule has 112 valence electrons. The van der Waals surface area contributed by atoms with Crippen LogP contribution in [0.1, 0.15) is 13.3 Å². The summed E-state index contributed by atoms with van der Waals surface area (Å²) in [5.41, 5.74) is 1.24. The van der Waals surface area contributed by atoms with Crippen LogP contribution in [0.2, 0.25) is 0 Å². The fourth-order valence-electron chi connectivity index (χ4n) is 2.14. The monoisotopic (exact) mass is 325 g/mol. The largest absolute Gasteiger partial charge is 0.382 e. The van der Waals surface area contributed by atoms with Crippen molar-refractivity contribution in [1.82, 2.24) is 9.55 Å². The van der Waals surface area contributed by atoms with Crippen molar-refractivity contribution in [1.29, 1.82) is 0 Å². The van der Waals surface area contributed by atoms with Crippen LogP contribution in [-0.4, -0.2) is 34.4 Å². The Morgan fingerprint density at radius 3 is 3.14 bits per heavy atom. The highest BCUT2D eigenvalue weighted by molar-refractivity contribution is 8.02. The molecule has 2 aromatic heterocycles. The predicted octanol–water partition coefficient (Wildman–Crippen LogP) is 1.93. The minimum absolute atomic E-state index is 0.0464. The second-order valence-corrected chi connectivity index (χ2v) is 6.84. The lowest BCUT2D eigenvalue weighted by molar-refractivity contribution is -0.113. The molecule has 0 fully saturated rings. The minimum atomic E-state index is -0.0502. The average Bonchev–Trinajstić information content (AvgIpc) is 2.84. The van der Waals surface area contributed by atoms with Crippen molar-refractivity contribution in [2.45, 2.75) is 24.1 Å². The highest BCUT2D eigenvalue weighted by Gasteiger charge is 2.23. The van der Waals surface area contributed by atoms with Crippen LogP contribution in [-0.2, 0) is 16.1 Å². The minimum Gasteiger partial charge on any atom is -0.382 e. The van der Waals surface area contributed by atoms with Crippen LogP contribution in [0.25, 0.3) is 10.2 Å². The first kappa shape index (κ1) is 14.6. The molecule has 3 heterocycles. The summed E-state index contributed by atoms with van der Waals surface area (Å²) in [5.74, 6) is 0.345. The molecule has 0 aliphatic carbocycles. The number of aromatic nitrogens is 2. The molecule has 0 atom stereocenters. The van der Waals surface area contributed by atoms with Gasteiger partial charge in [0.2, 0.25) is 5.91 Å². The summed E-state index contributed by atoms with van der Waals surface area (Å²) < 4.78 is 8.45. The molecule has 21 heavy (non-hydrogen) atoms. The normalized spacial score (nSPS) is 14.2. The van der Waals surface area contributed by atoms with Gasteiger partial charge in [0.1, 0.15) is 10.2 Å². The van der Waals surface area contributed by atoms with Crippen LogP contribution in [0.4, 0.5) is 5.69 Å². The molecule has 8 heteroatoms. The zero-order chi connectivity index (χ0) is 14.8. The molecule has 6 nitrogen and oxygen atoms in total. The van der Waals surface area contributed by atoms with E-state index in [9.17, 15) is 9.59 Å². The van der Waals surface area contributed by atoms with Crippen LogP contribution in [0, 0.1) is 0 Å². The standard InChI is InChI=1S/C13H15N3O3S2/c1-2-19-5-3-4-16-7-14-9-10-13(20-6-8(17)15-10)21-11(9)12(16)18/h7H,2-6H2,1H3,(H,15,17). The summed E-state index contributed by atoms with van der Waals surface area (Å²) in [7, 11) is 0. The van der Waals surface area contributed by atoms with Crippen molar-refractivity contribution in [2.75, 3.05) is 24.3 Å². The third-order valence-electron chi connectivity index (χ3n) is 3.12. The number of hydrogen-bond donors (Lipinski definition) is 1. The van der Waals surface area contributed by atoms with Crippen LogP contribution < -0.4 is 10.9 Å². The summed E-state index contributed by atoms with van der Waals surface area (Å²) in [5, 5.41) is 2.81. The van der Waals surface area contributed by atoms with E-state index in [-0.39, 0.29) is 11.5 Å². The number of ether oxygens (including phenoxy) is 1. The van der Waals surface area contributed by atoms with Crippen molar-refractivity contribution < 1.29 is 9.53 Å². The van der Waals surface area contributed by atoms with Gasteiger partial charge in [-0.1, -0.05) is 0 Å². The van der Waals surface area contributed by atoms with Gasteiger partial charge in [-0.2, -0.15) is 0 Å². The summed E-state index contributed by atoms with van der Waals surface area (Å²) in [6.45, 7) is 3.85. The van der Waals surface area contributed by atoms with Gasteiger partial charge in [-0.3, -0.25) is 14.2 Å². The van der Waals surface area contributed by atoms with Crippen molar-refractivity contribution in [2.24, 2.45) is 0 Å². The number of thioether (sulfide) groups is 1. The van der Waals surface area contributed by atoms with E-state index in [1.807, 2.05) is 6.92 Å². The molecule has 0 saturated heterocycles. The molecule has 0 spiro atoms. The van der Waals surface area contributed by atoms with E-state index in [4.69, 9.17) is 4.74 Å². The van der Waals surface area contributed by atoms with Crippen molar-refractivity contribution >= 4 is 44.9 Å². The Morgan fingerprint density at radius 1 is 1.48 bits per heavy atom. The molecular formula is C13H15N3O3S2. The Bertz CT molecular complexity index is 738. The SMILES string of the molecule is CCOCCCn1cnc2c3c(sc2c1=O)SCC(=O)N3. The Hall–Kier alpha value is -1.38. The van der Waals surface area contributed by atoms with Gasteiger partial charge in [-0.15, -0.1) is 23.1 Å². The van der Waals surface area contributed by atoms with Crippen molar-refractivity contribution in [3.8, 4) is 0 Å². The van der Waals surface area contributed by atoms with Crippen LogP contribution in [0.5, 0.6) is 0 Å². The number of carbonyl (C=O) groups is 1. The number of carbonyl (C=O) groups excluding carboxylic acids is 1. The van der Waals surface area contributed by atoms with Gasteiger partial charge in [0.05, 0.1) is 22.0 Å². The Morgan fingerprint density at radius 2 is 2.33 bits per heavy atom. The van der Waals surface area contributed by atoms with Gasteiger partial charge in [0, 0.05) is 19.8 Å². The van der Waals surface area contributed by atoms with E-state index < -0.39 is 0 Å². The van der Waals surface area contributed by atoms with E-state index >= 15 is 0 Å². The van der Waals surface area contributed by atoms with Crippen molar-refractivity contribution in [3.05, 3.63) is 16.7 Å². The van der Waals surface area contributed by atoms with Gasteiger partial charge >= 0.3 is 0 Å². The topological polar surface area (TPSA) is 73.2 Å². The molecular weight excluding hydrogens is 310 g/mol. The highest BCUT2D eigenvalue weighted by atomic mass is 32.2. The quantitative estimate of drug-likeness (QED) is 0.850. The number of amides is 1. The molecule has 1 aliphatic heterocycles. The molecule has 0 unspecified atom stereocenters. The van der Waals surface area contributed by atoms with Gasteiger partial charge in [0.25, 0.3) is 5.56 Å². The van der Waals surface area contributed by atoms with Crippen LogP contribution in [0.15, 0.2) is 15.3 Å². The number of rotatable bonds is 5. The van der Waals surface area contributed by atoms with Crippen molar-refractivity contribution in [3.63, 3.8) is 0 Å². The Balaban J connectivity index is 1.91. The molecule has 1 N–H and O–H groups in total.